The van der Waals surface area contributed by atoms with E-state index in [1.54, 1.807) is 18.2 Å². The third-order valence-corrected chi connectivity index (χ3v) is 4.49. The maximum Gasteiger partial charge on any atom is 0.204 e. The van der Waals surface area contributed by atoms with Crippen LogP contribution in [0.25, 0.3) is 6.08 Å². The summed E-state index contributed by atoms with van der Waals surface area (Å²) in [6.45, 7) is 3.97. The highest BCUT2D eigenvalue weighted by Gasteiger charge is 2.29. The second kappa shape index (κ2) is 10.5. The Hall–Kier alpha value is -3.28. The second-order valence-corrected chi connectivity index (χ2v) is 6.72. The molecule has 5 nitrogen and oxygen atoms in total. The van der Waals surface area contributed by atoms with Crippen molar-refractivity contribution in [2.24, 2.45) is 0 Å². The van der Waals surface area contributed by atoms with Crippen molar-refractivity contribution in [1.29, 1.82) is 0 Å². The Morgan fingerprint density at radius 3 is 1.93 bits per heavy atom. The summed E-state index contributed by atoms with van der Waals surface area (Å²) in [5.41, 5.74) is 2.71. The molecule has 0 radical (unpaired) electrons. The van der Waals surface area contributed by atoms with Crippen LogP contribution in [-0.4, -0.2) is 34.2 Å². The van der Waals surface area contributed by atoms with Crippen LogP contribution in [0.2, 0.25) is 0 Å². The molecule has 160 valence electrons. The number of carbonyl (C=O) groups excluding carboxylic acids is 1. The van der Waals surface area contributed by atoms with E-state index >= 15 is 0 Å². The fourth-order valence-corrected chi connectivity index (χ4v) is 3.08. The maximum atomic E-state index is 13.2. The van der Waals surface area contributed by atoms with Crippen molar-refractivity contribution in [2.45, 2.75) is 20.3 Å². The molecule has 0 unspecified atom stereocenters. The first kappa shape index (κ1) is 23.0. The van der Waals surface area contributed by atoms with Gasteiger partial charge in [0.25, 0.3) is 0 Å². The molecule has 6 heteroatoms. The summed E-state index contributed by atoms with van der Waals surface area (Å²) in [6, 6.07) is 5.84. The minimum atomic E-state index is -0.342. The third-order valence-electron chi connectivity index (χ3n) is 4.49. The SMILES string of the molecule is COc1c(CC=C(C)C)c(OC)c(C(=O)C=Cc2ccc(F)cc2)c(OC)c1OC. The molecule has 2 aromatic carbocycles. The smallest absolute Gasteiger partial charge is 0.204 e. The molecule has 0 aromatic heterocycles. The Labute approximate surface area is 176 Å². The summed E-state index contributed by atoms with van der Waals surface area (Å²) in [5, 5.41) is 0. The van der Waals surface area contributed by atoms with Gasteiger partial charge in [-0.15, -0.1) is 0 Å². The number of ketones is 1. The number of hydrogen-bond donors (Lipinski definition) is 0. The van der Waals surface area contributed by atoms with Crippen LogP contribution in [0.5, 0.6) is 23.0 Å². The molecule has 0 N–H and O–H groups in total. The minimum absolute atomic E-state index is 0.223. The van der Waals surface area contributed by atoms with E-state index in [0.29, 0.717) is 34.8 Å². The minimum Gasteiger partial charge on any atom is -0.495 e. The van der Waals surface area contributed by atoms with Crippen molar-refractivity contribution < 1.29 is 28.1 Å². The molecule has 0 aliphatic heterocycles. The second-order valence-electron chi connectivity index (χ2n) is 6.72. The van der Waals surface area contributed by atoms with Gasteiger partial charge in [0, 0.05) is 5.56 Å². The monoisotopic (exact) mass is 414 g/mol. The van der Waals surface area contributed by atoms with Crippen LogP contribution in [0.1, 0.15) is 35.3 Å². The third kappa shape index (κ3) is 5.00. The summed E-state index contributed by atoms with van der Waals surface area (Å²) in [6.07, 6.45) is 5.49. The van der Waals surface area contributed by atoms with Gasteiger partial charge in [-0.05, 0) is 44.0 Å². The van der Waals surface area contributed by atoms with E-state index in [1.165, 1.54) is 46.6 Å². The normalized spacial score (nSPS) is 10.6. The average molecular weight is 414 g/mol. The predicted octanol–water partition coefficient (Wildman–Crippen LogP) is 5.26. The Balaban J connectivity index is 2.68. The Kier molecular flexibility index (Phi) is 8.04. The van der Waals surface area contributed by atoms with Crippen LogP contribution in [0.4, 0.5) is 4.39 Å². The zero-order valence-corrected chi connectivity index (χ0v) is 18.2. The highest BCUT2D eigenvalue weighted by atomic mass is 19.1. The molecule has 0 spiro atoms. The van der Waals surface area contributed by atoms with Crippen molar-refractivity contribution in [3.63, 3.8) is 0 Å². The lowest BCUT2D eigenvalue weighted by Gasteiger charge is -2.21. The first-order valence-corrected chi connectivity index (χ1v) is 9.38. The van der Waals surface area contributed by atoms with Crippen LogP contribution in [-0.2, 0) is 6.42 Å². The van der Waals surface area contributed by atoms with Crippen LogP contribution in [0.3, 0.4) is 0 Å². The van der Waals surface area contributed by atoms with Crippen LogP contribution < -0.4 is 18.9 Å². The van der Waals surface area contributed by atoms with Gasteiger partial charge in [-0.3, -0.25) is 4.79 Å². The van der Waals surface area contributed by atoms with Gasteiger partial charge in [0.2, 0.25) is 5.75 Å². The quantitative estimate of drug-likeness (QED) is 0.318. The topological polar surface area (TPSA) is 54.0 Å². The molecule has 0 fully saturated rings. The number of halogens is 1. The van der Waals surface area contributed by atoms with Gasteiger partial charge in [0.05, 0.1) is 28.4 Å². The number of benzene rings is 2. The molecule has 0 saturated heterocycles. The Bertz CT molecular complexity index is 955. The summed E-state index contributed by atoms with van der Waals surface area (Å²) in [7, 11) is 5.96. The van der Waals surface area contributed by atoms with E-state index in [4.69, 9.17) is 18.9 Å². The van der Waals surface area contributed by atoms with Gasteiger partial charge in [-0.1, -0.05) is 29.9 Å². The number of rotatable bonds is 9. The van der Waals surface area contributed by atoms with Crippen LogP contribution >= 0.6 is 0 Å². The fraction of sp³-hybridized carbons (Fsp3) is 0.292. The molecule has 2 rings (SSSR count). The highest BCUT2D eigenvalue weighted by molar-refractivity contribution is 6.12. The molecule has 0 atom stereocenters. The molecule has 0 aliphatic rings. The van der Waals surface area contributed by atoms with Crippen molar-refractivity contribution in [1.82, 2.24) is 0 Å². The number of carbonyl (C=O) groups is 1. The highest BCUT2D eigenvalue weighted by Crippen LogP contribution is 2.49. The molecule has 0 heterocycles. The first-order valence-electron chi connectivity index (χ1n) is 9.38. The molecule has 2 aromatic rings. The summed E-state index contributed by atoms with van der Waals surface area (Å²) in [4.78, 5) is 13.2. The molecular formula is C24H27FO5. The zero-order chi connectivity index (χ0) is 22.3. The molecule has 30 heavy (non-hydrogen) atoms. The van der Waals surface area contributed by atoms with Gasteiger partial charge in [0.15, 0.2) is 17.3 Å². The molecule has 0 saturated carbocycles. The van der Waals surface area contributed by atoms with Crippen molar-refractivity contribution in [3.8, 4) is 23.0 Å². The summed E-state index contributed by atoms with van der Waals surface area (Å²) < 4.78 is 35.4. The predicted molar refractivity (Wildman–Crippen MR) is 116 cm³/mol. The fourth-order valence-electron chi connectivity index (χ4n) is 3.08. The van der Waals surface area contributed by atoms with E-state index in [1.807, 2.05) is 19.9 Å². The largest absolute Gasteiger partial charge is 0.495 e. The lowest BCUT2D eigenvalue weighted by atomic mass is 9.98. The maximum absolute atomic E-state index is 13.2. The van der Waals surface area contributed by atoms with Gasteiger partial charge in [-0.25, -0.2) is 4.39 Å². The molecule has 0 aliphatic carbocycles. The van der Waals surface area contributed by atoms with Gasteiger partial charge in [-0.2, -0.15) is 0 Å². The standard InChI is InChI=1S/C24H27FO5/c1-15(2)7-13-18-21(27-3)20(23(29-5)24(30-6)22(18)28-4)19(26)14-10-16-8-11-17(25)12-9-16/h7-12,14H,13H2,1-6H3. The van der Waals surface area contributed by atoms with Crippen molar-refractivity contribution in [3.05, 3.63) is 64.5 Å². The number of ether oxygens (including phenoxy) is 4. The lowest BCUT2D eigenvalue weighted by Crippen LogP contribution is -2.09. The Morgan fingerprint density at radius 2 is 1.43 bits per heavy atom. The molecule has 0 amide bonds. The molecule has 0 bridgehead atoms. The summed E-state index contributed by atoms with van der Waals surface area (Å²) >= 11 is 0. The number of allylic oxidation sites excluding steroid dienone is 3. The van der Waals surface area contributed by atoms with Crippen LogP contribution in [0.15, 0.2) is 42.0 Å². The number of hydrogen-bond acceptors (Lipinski definition) is 5. The van der Waals surface area contributed by atoms with Crippen LogP contribution in [0, 0.1) is 5.82 Å². The van der Waals surface area contributed by atoms with Gasteiger partial charge in [0.1, 0.15) is 17.1 Å². The van der Waals surface area contributed by atoms with Gasteiger partial charge < -0.3 is 18.9 Å². The zero-order valence-electron chi connectivity index (χ0n) is 18.2. The summed E-state index contributed by atoms with van der Waals surface area (Å²) in [5.74, 6) is 0.661. The Morgan fingerprint density at radius 1 is 0.867 bits per heavy atom. The molecular weight excluding hydrogens is 387 g/mol. The van der Waals surface area contributed by atoms with E-state index in [-0.39, 0.29) is 22.9 Å². The average Bonchev–Trinajstić information content (AvgIpc) is 2.74. The van der Waals surface area contributed by atoms with Gasteiger partial charge >= 0.3 is 0 Å². The number of methoxy groups -OCH3 is 4. The van der Waals surface area contributed by atoms with Crippen molar-refractivity contribution >= 4 is 11.9 Å². The first-order chi connectivity index (χ1) is 14.4. The van der Waals surface area contributed by atoms with Crippen molar-refractivity contribution in [2.75, 3.05) is 28.4 Å². The van der Waals surface area contributed by atoms with E-state index < -0.39 is 0 Å². The van der Waals surface area contributed by atoms with E-state index in [0.717, 1.165) is 5.57 Å². The van der Waals surface area contributed by atoms with E-state index in [2.05, 4.69) is 0 Å². The lowest BCUT2D eigenvalue weighted by molar-refractivity contribution is 0.104. The van der Waals surface area contributed by atoms with E-state index in [9.17, 15) is 9.18 Å².